The topological polar surface area (TPSA) is 42.8 Å². The summed E-state index contributed by atoms with van der Waals surface area (Å²) in [5, 5.41) is 5.02. The third kappa shape index (κ3) is 6.00. The van der Waals surface area contributed by atoms with Crippen LogP contribution in [-0.2, 0) is 6.61 Å². The van der Waals surface area contributed by atoms with E-state index in [1.54, 1.807) is 6.21 Å². The van der Waals surface area contributed by atoms with Crippen molar-refractivity contribution in [1.29, 1.82) is 0 Å². The van der Waals surface area contributed by atoms with Crippen molar-refractivity contribution in [2.45, 2.75) is 27.4 Å². The fourth-order valence-corrected chi connectivity index (χ4v) is 2.99. The van der Waals surface area contributed by atoms with Crippen molar-refractivity contribution in [2.24, 2.45) is 5.10 Å². The largest absolute Gasteiger partial charge is 0.490 e. The van der Waals surface area contributed by atoms with Gasteiger partial charge in [-0.1, -0.05) is 29.8 Å². The molecular formula is C24H25ClN2O2. The summed E-state index contributed by atoms with van der Waals surface area (Å²) in [4.78, 5) is 0. The van der Waals surface area contributed by atoms with Crippen LogP contribution in [0, 0.1) is 13.8 Å². The molecule has 3 aromatic rings. The van der Waals surface area contributed by atoms with E-state index in [0.717, 1.165) is 16.8 Å². The van der Waals surface area contributed by atoms with E-state index in [0.29, 0.717) is 29.7 Å². The molecule has 0 radical (unpaired) electrons. The van der Waals surface area contributed by atoms with Crippen LogP contribution in [0.3, 0.4) is 0 Å². The molecule has 0 amide bonds. The Morgan fingerprint density at radius 3 is 2.55 bits per heavy atom. The van der Waals surface area contributed by atoms with Crippen LogP contribution in [0.4, 0.5) is 5.69 Å². The van der Waals surface area contributed by atoms with Gasteiger partial charge in [-0.3, -0.25) is 5.43 Å². The lowest BCUT2D eigenvalue weighted by molar-refractivity contribution is 0.269. The van der Waals surface area contributed by atoms with Gasteiger partial charge >= 0.3 is 0 Å². The minimum absolute atomic E-state index is 0.419. The van der Waals surface area contributed by atoms with Crippen LogP contribution in [0.25, 0.3) is 0 Å². The summed E-state index contributed by atoms with van der Waals surface area (Å²) < 4.78 is 11.7. The van der Waals surface area contributed by atoms with Gasteiger partial charge in [0.15, 0.2) is 11.5 Å². The first kappa shape index (κ1) is 20.7. The quantitative estimate of drug-likeness (QED) is 0.347. The van der Waals surface area contributed by atoms with E-state index < -0.39 is 0 Å². The van der Waals surface area contributed by atoms with Gasteiger partial charge in [-0.2, -0.15) is 5.10 Å². The predicted molar refractivity (Wildman–Crippen MR) is 121 cm³/mol. The SMILES string of the molecule is CCOc1cc(/C=N/Nc2ccc(C)c(C)c2)ccc1OCc1cccc(Cl)c1. The van der Waals surface area contributed by atoms with Crippen molar-refractivity contribution in [3.63, 3.8) is 0 Å². The summed E-state index contributed by atoms with van der Waals surface area (Å²) in [6.45, 7) is 7.09. The maximum Gasteiger partial charge on any atom is 0.161 e. The smallest absolute Gasteiger partial charge is 0.161 e. The van der Waals surface area contributed by atoms with Crippen LogP contribution in [0.2, 0.25) is 5.02 Å². The number of anilines is 1. The average Bonchev–Trinajstić information content (AvgIpc) is 2.70. The second kappa shape index (κ2) is 9.99. The molecule has 0 saturated heterocycles. The fraction of sp³-hybridized carbons (Fsp3) is 0.208. The van der Waals surface area contributed by atoms with Crippen LogP contribution in [0.1, 0.15) is 29.2 Å². The minimum atomic E-state index is 0.419. The van der Waals surface area contributed by atoms with Crippen molar-refractivity contribution >= 4 is 23.5 Å². The normalized spacial score (nSPS) is 10.9. The van der Waals surface area contributed by atoms with E-state index in [4.69, 9.17) is 21.1 Å². The van der Waals surface area contributed by atoms with E-state index >= 15 is 0 Å². The number of ether oxygens (including phenoxy) is 2. The summed E-state index contributed by atoms with van der Waals surface area (Å²) >= 11 is 6.04. The predicted octanol–water partition coefficient (Wildman–Crippen LogP) is 6.38. The Morgan fingerprint density at radius 2 is 1.79 bits per heavy atom. The van der Waals surface area contributed by atoms with Gasteiger partial charge < -0.3 is 9.47 Å². The highest BCUT2D eigenvalue weighted by molar-refractivity contribution is 6.30. The van der Waals surface area contributed by atoms with Crippen LogP contribution < -0.4 is 14.9 Å². The number of hydrogen-bond acceptors (Lipinski definition) is 4. The molecule has 150 valence electrons. The molecule has 0 bridgehead atoms. The van der Waals surface area contributed by atoms with Crippen molar-refractivity contribution < 1.29 is 9.47 Å². The second-order valence-corrected chi connectivity index (χ2v) is 7.16. The van der Waals surface area contributed by atoms with Gasteiger partial charge in [-0.15, -0.1) is 0 Å². The highest BCUT2D eigenvalue weighted by Crippen LogP contribution is 2.29. The average molecular weight is 409 g/mol. The van der Waals surface area contributed by atoms with Crippen LogP contribution in [0.5, 0.6) is 11.5 Å². The van der Waals surface area contributed by atoms with Crippen LogP contribution in [0.15, 0.2) is 65.8 Å². The van der Waals surface area contributed by atoms with Crippen LogP contribution in [-0.4, -0.2) is 12.8 Å². The number of benzene rings is 3. The summed E-state index contributed by atoms with van der Waals surface area (Å²) in [6.07, 6.45) is 1.76. The molecule has 0 unspecified atom stereocenters. The van der Waals surface area contributed by atoms with E-state index in [9.17, 15) is 0 Å². The zero-order chi connectivity index (χ0) is 20.6. The van der Waals surface area contributed by atoms with Gasteiger partial charge in [0.25, 0.3) is 0 Å². The lowest BCUT2D eigenvalue weighted by Crippen LogP contribution is -2.00. The van der Waals surface area contributed by atoms with Gasteiger partial charge in [-0.05, 0) is 85.5 Å². The summed E-state index contributed by atoms with van der Waals surface area (Å²) in [6, 6.07) is 19.5. The zero-order valence-corrected chi connectivity index (χ0v) is 17.7. The monoisotopic (exact) mass is 408 g/mol. The molecule has 3 rings (SSSR count). The van der Waals surface area contributed by atoms with Crippen molar-refractivity contribution in [3.8, 4) is 11.5 Å². The van der Waals surface area contributed by atoms with Crippen molar-refractivity contribution in [2.75, 3.05) is 12.0 Å². The van der Waals surface area contributed by atoms with E-state index in [1.165, 1.54) is 11.1 Å². The molecule has 3 aromatic carbocycles. The van der Waals surface area contributed by atoms with Crippen molar-refractivity contribution in [3.05, 3.63) is 87.9 Å². The third-order valence-corrected chi connectivity index (χ3v) is 4.70. The number of hydrogen-bond donors (Lipinski definition) is 1. The lowest BCUT2D eigenvalue weighted by Gasteiger charge is -2.13. The Balaban J connectivity index is 1.68. The van der Waals surface area contributed by atoms with E-state index in [2.05, 4.69) is 36.5 Å². The molecule has 0 aliphatic rings. The lowest BCUT2D eigenvalue weighted by atomic mass is 10.1. The highest BCUT2D eigenvalue weighted by atomic mass is 35.5. The number of nitrogens with zero attached hydrogens (tertiary/aromatic N) is 1. The summed E-state index contributed by atoms with van der Waals surface area (Å²) in [7, 11) is 0. The third-order valence-electron chi connectivity index (χ3n) is 4.47. The number of nitrogens with one attached hydrogen (secondary N) is 1. The zero-order valence-electron chi connectivity index (χ0n) is 16.9. The first-order valence-electron chi connectivity index (χ1n) is 9.55. The molecular weight excluding hydrogens is 384 g/mol. The maximum atomic E-state index is 6.04. The molecule has 1 N–H and O–H groups in total. The number of aryl methyl sites for hydroxylation is 2. The number of rotatable bonds is 8. The molecule has 29 heavy (non-hydrogen) atoms. The van der Waals surface area contributed by atoms with Crippen molar-refractivity contribution in [1.82, 2.24) is 0 Å². The first-order chi connectivity index (χ1) is 14.0. The highest BCUT2D eigenvalue weighted by Gasteiger charge is 2.07. The molecule has 0 aromatic heterocycles. The maximum absolute atomic E-state index is 6.04. The van der Waals surface area contributed by atoms with Gasteiger partial charge in [0.05, 0.1) is 18.5 Å². The molecule has 0 saturated carbocycles. The Bertz CT molecular complexity index is 1000. The fourth-order valence-electron chi connectivity index (χ4n) is 2.77. The molecule has 0 aliphatic carbocycles. The molecule has 0 heterocycles. The standard InChI is InChI=1S/C24H25ClN2O2/c1-4-28-24-14-19(15-26-27-22-10-8-17(2)18(3)12-22)9-11-23(24)29-16-20-6-5-7-21(25)13-20/h5-15,27H,4,16H2,1-3H3/b26-15+. The Labute approximate surface area is 177 Å². The summed E-state index contributed by atoms with van der Waals surface area (Å²) in [5.41, 5.74) is 8.42. The second-order valence-electron chi connectivity index (χ2n) is 6.73. The number of hydrazone groups is 1. The minimum Gasteiger partial charge on any atom is -0.490 e. The molecule has 0 atom stereocenters. The molecule has 5 heteroatoms. The molecule has 4 nitrogen and oxygen atoms in total. The molecule has 0 aliphatic heterocycles. The van der Waals surface area contributed by atoms with Gasteiger partial charge in [0.2, 0.25) is 0 Å². The first-order valence-corrected chi connectivity index (χ1v) is 9.93. The van der Waals surface area contributed by atoms with Gasteiger partial charge in [0.1, 0.15) is 6.61 Å². The Morgan fingerprint density at radius 1 is 0.931 bits per heavy atom. The summed E-state index contributed by atoms with van der Waals surface area (Å²) in [5.74, 6) is 1.37. The molecule has 0 fully saturated rings. The van der Waals surface area contributed by atoms with Gasteiger partial charge in [-0.25, -0.2) is 0 Å². The van der Waals surface area contributed by atoms with E-state index in [-0.39, 0.29) is 0 Å². The molecule has 0 spiro atoms. The Hall–Kier alpha value is -2.98. The Kier molecular flexibility index (Phi) is 7.14. The van der Waals surface area contributed by atoms with E-state index in [1.807, 2.05) is 55.5 Å². The van der Waals surface area contributed by atoms with Crippen LogP contribution >= 0.6 is 11.6 Å². The van der Waals surface area contributed by atoms with Gasteiger partial charge in [0, 0.05) is 5.02 Å². The number of halogens is 1.